The number of ether oxygens (including phenoxy) is 3. The van der Waals surface area contributed by atoms with E-state index < -0.39 is 0 Å². The van der Waals surface area contributed by atoms with Gasteiger partial charge in [-0.05, 0) is 65.2 Å². The van der Waals surface area contributed by atoms with Gasteiger partial charge < -0.3 is 19.2 Å². The van der Waals surface area contributed by atoms with Gasteiger partial charge in [-0.2, -0.15) is 0 Å². The first-order valence-corrected chi connectivity index (χ1v) is 12.0. The van der Waals surface area contributed by atoms with E-state index in [-0.39, 0.29) is 11.7 Å². The number of aromatic nitrogens is 5. The normalized spacial score (nSPS) is 15.6. The van der Waals surface area contributed by atoms with Crippen LogP contribution in [0.15, 0.2) is 53.3 Å². The van der Waals surface area contributed by atoms with Crippen molar-refractivity contribution in [3.63, 3.8) is 0 Å². The van der Waals surface area contributed by atoms with E-state index in [1.165, 1.54) is 0 Å². The minimum Gasteiger partial charge on any atom is -0.497 e. The van der Waals surface area contributed by atoms with Crippen molar-refractivity contribution in [1.82, 2.24) is 30.1 Å². The summed E-state index contributed by atoms with van der Waals surface area (Å²) in [4.78, 5) is 18.1. The second-order valence-corrected chi connectivity index (χ2v) is 8.98. The van der Waals surface area contributed by atoms with Crippen LogP contribution in [-0.4, -0.2) is 57.0 Å². The molecule has 1 atom stereocenters. The van der Waals surface area contributed by atoms with Crippen LogP contribution < -0.4 is 15.0 Å². The van der Waals surface area contributed by atoms with Gasteiger partial charge in [0, 0.05) is 36.2 Å². The predicted octanol–water partition coefficient (Wildman–Crippen LogP) is 2.91. The number of nitrogens with zero attached hydrogens (tertiary/aromatic N) is 5. The second-order valence-electron chi connectivity index (χ2n) is 8.98. The Morgan fingerprint density at radius 3 is 2.61 bits per heavy atom. The number of rotatable bonds is 10. The highest BCUT2D eigenvalue weighted by atomic mass is 16.5. The lowest BCUT2D eigenvalue weighted by Gasteiger charge is -2.22. The summed E-state index contributed by atoms with van der Waals surface area (Å²) in [7, 11) is 3.28. The predicted molar refractivity (Wildman–Crippen MR) is 134 cm³/mol. The van der Waals surface area contributed by atoms with E-state index in [1.807, 2.05) is 53.2 Å². The van der Waals surface area contributed by atoms with E-state index in [0.29, 0.717) is 31.7 Å². The molecule has 36 heavy (non-hydrogen) atoms. The molecule has 5 rings (SSSR count). The lowest BCUT2D eigenvalue weighted by molar-refractivity contribution is 0.0914. The minimum absolute atomic E-state index is 0.119. The molecule has 3 heterocycles. The summed E-state index contributed by atoms with van der Waals surface area (Å²) < 4.78 is 18.2. The van der Waals surface area contributed by atoms with Crippen LogP contribution in [-0.2, 0) is 30.9 Å². The summed E-state index contributed by atoms with van der Waals surface area (Å²) in [6.07, 6.45) is 2.19. The third-order valence-corrected chi connectivity index (χ3v) is 6.46. The van der Waals surface area contributed by atoms with Gasteiger partial charge in [-0.1, -0.05) is 12.1 Å². The molecule has 0 radical (unpaired) electrons. The quantitative estimate of drug-likeness (QED) is 0.362. The van der Waals surface area contributed by atoms with Gasteiger partial charge in [0.25, 0.3) is 5.56 Å². The molecule has 10 heteroatoms. The molecule has 2 aromatic heterocycles. The number of H-pyrrole nitrogens is 1. The molecular weight excluding hydrogens is 460 g/mol. The van der Waals surface area contributed by atoms with Crippen LogP contribution in [0.5, 0.6) is 11.5 Å². The molecule has 1 fully saturated rings. The van der Waals surface area contributed by atoms with Crippen LogP contribution in [0.25, 0.3) is 10.9 Å². The van der Waals surface area contributed by atoms with Crippen molar-refractivity contribution in [3.05, 3.63) is 75.8 Å². The molecule has 0 amide bonds. The molecule has 10 nitrogen and oxygen atoms in total. The van der Waals surface area contributed by atoms with Crippen LogP contribution in [0.4, 0.5) is 0 Å². The summed E-state index contributed by atoms with van der Waals surface area (Å²) in [5.41, 5.74) is 2.40. The Labute approximate surface area is 208 Å². The highest BCUT2D eigenvalue weighted by molar-refractivity contribution is 5.80. The van der Waals surface area contributed by atoms with Crippen molar-refractivity contribution in [2.45, 2.75) is 45.1 Å². The average molecular weight is 491 g/mol. The molecule has 0 bridgehead atoms. The van der Waals surface area contributed by atoms with Gasteiger partial charge in [-0.3, -0.25) is 9.69 Å². The number of hydrogen-bond donors (Lipinski definition) is 1. The summed E-state index contributed by atoms with van der Waals surface area (Å²) in [6.45, 7) is 2.89. The Balaban J connectivity index is 1.42. The van der Waals surface area contributed by atoms with E-state index in [2.05, 4.69) is 25.4 Å². The van der Waals surface area contributed by atoms with E-state index in [9.17, 15) is 4.79 Å². The topological polar surface area (TPSA) is 107 Å². The maximum absolute atomic E-state index is 13.0. The average Bonchev–Trinajstić information content (AvgIpc) is 3.57. The van der Waals surface area contributed by atoms with Crippen molar-refractivity contribution in [2.24, 2.45) is 0 Å². The molecule has 0 unspecified atom stereocenters. The summed E-state index contributed by atoms with van der Waals surface area (Å²) >= 11 is 0. The molecular formula is C26H30N6O4. The van der Waals surface area contributed by atoms with Crippen LogP contribution >= 0.6 is 0 Å². The van der Waals surface area contributed by atoms with Crippen LogP contribution in [0, 0.1) is 0 Å². The molecule has 0 spiro atoms. The smallest absolute Gasteiger partial charge is 0.252 e. The maximum Gasteiger partial charge on any atom is 0.252 e. The van der Waals surface area contributed by atoms with E-state index in [4.69, 9.17) is 14.2 Å². The highest BCUT2D eigenvalue weighted by Gasteiger charge is 2.21. The lowest BCUT2D eigenvalue weighted by Crippen LogP contribution is -2.29. The zero-order valence-electron chi connectivity index (χ0n) is 20.5. The minimum atomic E-state index is -0.119. The fraction of sp³-hybridized carbons (Fsp3) is 0.385. The number of benzene rings is 2. The van der Waals surface area contributed by atoms with Gasteiger partial charge >= 0.3 is 0 Å². The SMILES string of the molecule is COc1ccc(CN(Cc2cc3cc(OC)ccc3[nH]c2=O)Cc2nnnn2C[C@@H]2CCCO2)cc1. The molecule has 1 N–H and O–H groups in total. The fourth-order valence-corrected chi connectivity index (χ4v) is 4.53. The first-order chi connectivity index (χ1) is 17.6. The molecule has 2 aromatic carbocycles. The first kappa shape index (κ1) is 24.0. The van der Waals surface area contributed by atoms with Crippen LogP contribution in [0.3, 0.4) is 0 Å². The van der Waals surface area contributed by atoms with E-state index in [0.717, 1.165) is 53.2 Å². The summed E-state index contributed by atoms with van der Waals surface area (Å²) in [5, 5.41) is 13.3. The third-order valence-electron chi connectivity index (χ3n) is 6.46. The Kier molecular flexibility index (Phi) is 7.24. The molecule has 188 valence electrons. The van der Waals surface area contributed by atoms with Crippen LogP contribution in [0.1, 0.15) is 29.8 Å². The van der Waals surface area contributed by atoms with Gasteiger partial charge in [-0.25, -0.2) is 4.68 Å². The first-order valence-electron chi connectivity index (χ1n) is 12.0. The van der Waals surface area contributed by atoms with E-state index in [1.54, 1.807) is 14.2 Å². The Morgan fingerprint density at radius 1 is 1.06 bits per heavy atom. The molecule has 0 saturated carbocycles. The number of nitrogens with one attached hydrogen (secondary N) is 1. The van der Waals surface area contributed by atoms with Gasteiger partial charge in [0.15, 0.2) is 5.82 Å². The molecule has 1 aliphatic heterocycles. The number of tetrazole rings is 1. The number of hydrogen-bond acceptors (Lipinski definition) is 8. The largest absolute Gasteiger partial charge is 0.497 e. The second kappa shape index (κ2) is 10.9. The van der Waals surface area contributed by atoms with Gasteiger partial charge in [0.1, 0.15) is 11.5 Å². The zero-order chi connectivity index (χ0) is 24.9. The van der Waals surface area contributed by atoms with Gasteiger partial charge in [0.2, 0.25) is 0 Å². The Morgan fingerprint density at radius 2 is 1.86 bits per heavy atom. The van der Waals surface area contributed by atoms with Crippen molar-refractivity contribution >= 4 is 10.9 Å². The third kappa shape index (κ3) is 5.55. The monoisotopic (exact) mass is 490 g/mol. The fourth-order valence-electron chi connectivity index (χ4n) is 4.53. The van der Waals surface area contributed by atoms with Crippen molar-refractivity contribution < 1.29 is 14.2 Å². The van der Waals surface area contributed by atoms with E-state index >= 15 is 0 Å². The lowest BCUT2D eigenvalue weighted by atomic mass is 10.1. The number of fused-ring (bicyclic) bond motifs is 1. The van der Waals surface area contributed by atoms with Crippen LogP contribution in [0.2, 0.25) is 0 Å². The van der Waals surface area contributed by atoms with Crippen molar-refractivity contribution in [3.8, 4) is 11.5 Å². The number of aromatic amines is 1. The maximum atomic E-state index is 13.0. The Bertz CT molecular complexity index is 1360. The molecule has 1 saturated heterocycles. The highest BCUT2D eigenvalue weighted by Crippen LogP contribution is 2.21. The van der Waals surface area contributed by atoms with Crippen molar-refractivity contribution in [2.75, 3.05) is 20.8 Å². The molecule has 1 aliphatic rings. The summed E-state index contributed by atoms with van der Waals surface area (Å²) in [6, 6.07) is 15.5. The molecule has 0 aliphatic carbocycles. The number of methoxy groups -OCH3 is 2. The Hall–Kier alpha value is -3.76. The zero-order valence-corrected chi connectivity index (χ0v) is 20.5. The number of pyridine rings is 1. The molecule has 4 aromatic rings. The van der Waals surface area contributed by atoms with Gasteiger partial charge in [0.05, 0.1) is 33.4 Å². The summed E-state index contributed by atoms with van der Waals surface area (Å²) in [5.74, 6) is 2.27. The van der Waals surface area contributed by atoms with Gasteiger partial charge in [-0.15, -0.1) is 5.10 Å². The van der Waals surface area contributed by atoms with Crippen molar-refractivity contribution in [1.29, 1.82) is 0 Å². The standard InChI is InChI=1S/C26H30N6O4/c1-34-21-7-5-18(6-8-21)14-31(17-25-28-29-30-32(25)16-23-4-3-11-36-23)15-20-12-19-13-22(35-2)9-10-24(19)27-26(20)33/h5-10,12-13,23H,3-4,11,14-17H2,1-2H3,(H,27,33)/t23-/m0/s1.